The third-order valence-corrected chi connectivity index (χ3v) is 6.50. The molecule has 40 heavy (non-hydrogen) atoms. The van der Waals surface area contributed by atoms with Gasteiger partial charge in [0.05, 0.1) is 7.11 Å². The third kappa shape index (κ3) is 9.04. The van der Waals surface area contributed by atoms with Crippen LogP contribution in [0, 0.1) is 0 Å². The standard InChI is InChI=1S/C32H35Cl2NO5/c1-20(2)24-14-22(12-13-29(24)39-19-21-10-8-7-9-11-21)15-25-26(33)16-23(17-27(25)34)18-28(30(36)38-6)35-31(37)40-32(3,4)5/h7-14,16-18,20H,15,19H2,1-6H3,(H,35,37)/b28-18-. The predicted octanol–water partition coefficient (Wildman–Crippen LogP) is 8.33. The maximum absolute atomic E-state index is 12.3. The molecule has 0 radical (unpaired) electrons. The van der Waals surface area contributed by atoms with Crippen LogP contribution >= 0.6 is 23.2 Å². The predicted molar refractivity (Wildman–Crippen MR) is 160 cm³/mol. The smallest absolute Gasteiger partial charge is 0.412 e. The molecule has 3 aromatic rings. The molecular weight excluding hydrogens is 549 g/mol. The van der Waals surface area contributed by atoms with Gasteiger partial charge in [0.1, 0.15) is 23.7 Å². The lowest BCUT2D eigenvalue weighted by Crippen LogP contribution is -2.34. The summed E-state index contributed by atoms with van der Waals surface area (Å²) in [5.74, 6) is 0.351. The van der Waals surface area contributed by atoms with Gasteiger partial charge in [0, 0.05) is 16.5 Å². The van der Waals surface area contributed by atoms with Gasteiger partial charge in [-0.25, -0.2) is 9.59 Å². The summed E-state index contributed by atoms with van der Waals surface area (Å²) in [6.07, 6.45) is 1.16. The Bertz CT molecular complexity index is 1350. The van der Waals surface area contributed by atoms with Crippen LogP contribution < -0.4 is 10.1 Å². The van der Waals surface area contributed by atoms with Gasteiger partial charge < -0.3 is 14.2 Å². The molecule has 212 valence electrons. The van der Waals surface area contributed by atoms with Gasteiger partial charge in [0.15, 0.2) is 0 Å². The summed E-state index contributed by atoms with van der Waals surface area (Å²) in [4.78, 5) is 24.5. The molecular formula is C32H35Cl2NO5. The fraction of sp³-hybridized carbons (Fsp3) is 0.312. The number of hydrogen-bond donors (Lipinski definition) is 1. The van der Waals surface area contributed by atoms with Gasteiger partial charge in [-0.1, -0.05) is 79.5 Å². The molecule has 0 spiro atoms. The van der Waals surface area contributed by atoms with E-state index in [2.05, 4.69) is 25.2 Å². The number of halogens is 2. The molecule has 6 nitrogen and oxygen atoms in total. The van der Waals surface area contributed by atoms with Crippen molar-refractivity contribution in [3.05, 3.63) is 104 Å². The second-order valence-electron chi connectivity index (χ2n) is 10.6. The Morgan fingerprint density at radius 2 is 1.60 bits per heavy atom. The van der Waals surface area contributed by atoms with Crippen molar-refractivity contribution in [2.24, 2.45) is 0 Å². The fourth-order valence-corrected chi connectivity index (χ4v) is 4.58. The largest absolute Gasteiger partial charge is 0.489 e. The van der Waals surface area contributed by atoms with Gasteiger partial charge in [-0.15, -0.1) is 0 Å². The van der Waals surface area contributed by atoms with E-state index in [9.17, 15) is 9.59 Å². The molecule has 0 fully saturated rings. The third-order valence-electron chi connectivity index (χ3n) is 5.83. The fourth-order valence-electron chi connectivity index (χ4n) is 3.94. The van der Waals surface area contributed by atoms with Crippen LogP contribution in [0.15, 0.2) is 66.4 Å². The number of carbonyl (C=O) groups excluding carboxylic acids is 2. The molecule has 1 amide bonds. The van der Waals surface area contributed by atoms with E-state index in [0.29, 0.717) is 28.6 Å². The first-order valence-electron chi connectivity index (χ1n) is 12.9. The normalized spacial score (nSPS) is 11.8. The highest BCUT2D eigenvalue weighted by molar-refractivity contribution is 6.36. The number of alkyl carbamates (subject to hydrolysis) is 1. The summed E-state index contributed by atoms with van der Waals surface area (Å²) in [6.45, 7) is 9.91. The van der Waals surface area contributed by atoms with Gasteiger partial charge in [0.25, 0.3) is 0 Å². The summed E-state index contributed by atoms with van der Waals surface area (Å²) >= 11 is 13.3. The van der Waals surface area contributed by atoms with Crippen LogP contribution in [0.5, 0.6) is 5.75 Å². The van der Waals surface area contributed by atoms with Crippen LogP contribution in [-0.4, -0.2) is 24.8 Å². The van der Waals surface area contributed by atoms with Crippen molar-refractivity contribution in [1.29, 1.82) is 0 Å². The number of benzene rings is 3. The Balaban J connectivity index is 1.83. The molecule has 0 aliphatic rings. The zero-order valence-corrected chi connectivity index (χ0v) is 25.2. The molecule has 8 heteroatoms. The number of rotatable bonds is 9. The second-order valence-corrected chi connectivity index (χ2v) is 11.4. The van der Waals surface area contributed by atoms with Crippen molar-refractivity contribution in [2.45, 2.75) is 59.2 Å². The van der Waals surface area contributed by atoms with Crippen LogP contribution in [-0.2, 0) is 27.3 Å². The number of carbonyl (C=O) groups is 2. The van der Waals surface area contributed by atoms with Gasteiger partial charge >= 0.3 is 12.1 Å². The quantitative estimate of drug-likeness (QED) is 0.202. The number of hydrogen-bond acceptors (Lipinski definition) is 5. The molecule has 0 aliphatic carbocycles. The first-order valence-corrected chi connectivity index (χ1v) is 13.7. The van der Waals surface area contributed by atoms with Gasteiger partial charge in [0.2, 0.25) is 0 Å². The van der Waals surface area contributed by atoms with E-state index in [1.54, 1.807) is 32.9 Å². The van der Waals surface area contributed by atoms with E-state index in [1.807, 2.05) is 42.5 Å². The zero-order valence-electron chi connectivity index (χ0n) is 23.6. The monoisotopic (exact) mass is 583 g/mol. The summed E-state index contributed by atoms with van der Waals surface area (Å²) < 4.78 is 16.2. The molecule has 0 saturated heterocycles. The van der Waals surface area contributed by atoms with Crippen LogP contribution in [0.2, 0.25) is 10.0 Å². The van der Waals surface area contributed by atoms with Gasteiger partial charge in [-0.3, -0.25) is 5.32 Å². The van der Waals surface area contributed by atoms with E-state index >= 15 is 0 Å². The molecule has 0 saturated carbocycles. The number of esters is 1. The number of nitrogens with one attached hydrogen (secondary N) is 1. The topological polar surface area (TPSA) is 73.9 Å². The van der Waals surface area contributed by atoms with Gasteiger partial charge in [-0.2, -0.15) is 0 Å². The first kappa shape index (κ1) is 31.1. The van der Waals surface area contributed by atoms with Crippen molar-refractivity contribution in [2.75, 3.05) is 7.11 Å². The molecule has 1 N–H and O–H groups in total. The van der Waals surface area contributed by atoms with Gasteiger partial charge in [-0.05, 0) is 78.8 Å². The average molecular weight is 585 g/mol. The molecule has 0 bridgehead atoms. The summed E-state index contributed by atoms with van der Waals surface area (Å²) in [5.41, 5.74) is 3.65. The number of amides is 1. The van der Waals surface area contributed by atoms with Crippen molar-refractivity contribution in [1.82, 2.24) is 5.32 Å². The number of ether oxygens (including phenoxy) is 3. The summed E-state index contributed by atoms with van der Waals surface area (Å²) in [6, 6.07) is 19.5. The minimum atomic E-state index is -0.782. The van der Waals surface area contributed by atoms with Crippen molar-refractivity contribution < 1.29 is 23.8 Å². The SMILES string of the molecule is COC(=O)/C(=C/c1cc(Cl)c(Cc2ccc(OCc3ccccc3)c(C(C)C)c2)c(Cl)c1)NC(=O)OC(C)(C)C. The van der Waals surface area contributed by atoms with E-state index in [4.69, 9.17) is 37.4 Å². The minimum absolute atomic E-state index is 0.107. The summed E-state index contributed by atoms with van der Waals surface area (Å²) in [5, 5.41) is 3.29. The Labute approximate surface area is 246 Å². The first-order chi connectivity index (χ1) is 18.9. The molecule has 3 rings (SSSR count). The lowest BCUT2D eigenvalue weighted by Gasteiger charge is -2.20. The second kappa shape index (κ2) is 13.7. The van der Waals surface area contributed by atoms with E-state index in [1.165, 1.54) is 13.2 Å². The molecule has 0 heterocycles. The highest BCUT2D eigenvalue weighted by atomic mass is 35.5. The van der Waals surface area contributed by atoms with E-state index < -0.39 is 17.7 Å². The van der Waals surface area contributed by atoms with Crippen LogP contribution in [0.25, 0.3) is 6.08 Å². The molecule has 0 unspecified atom stereocenters. The maximum atomic E-state index is 12.3. The molecule has 0 atom stereocenters. The van der Waals surface area contributed by atoms with Crippen LogP contribution in [0.4, 0.5) is 4.79 Å². The van der Waals surface area contributed by atoms with Crippen molar-refractivity contribution >= 4 is 41.3 Å². The van der Waals surface area contributed by atoms with Crippen LogP contribution in [0.3, 0.4) is 0 Å². The van der Waals surface area contributed by atoms with E-state index in [-0.39, 0.29) is 11.6 Å². The maximum Gasteiger partial charge on any atom is 0.412 e. The molecule has 3 aromatic carbocycles. The lowest BCUT2D eigenvalue weighted by atomic mass is 9.96. The molecule has 0 aromatic heterocycles. The molecule has 0 aliphatic heterocycles. The number of methoxy groups -OCH3 is 1. The Kier molecular flexibility index (Phi) is 10.7. The van der Waals surface area contributed by atoms with Crippen molar-refractivity contribution in [3.8, 4) is 5.75 Å². The Morgan fingerprint density at radius 3 is 2.17 bits per heavy atom. The Hall–Kier alpha value is -3.48. The zero-order chi connectivity index (χ0) is 29.4. The summed E-state index contributed by atoms with van der Waals surface area (Å²) in [7, 11) is 1.22. The van der Waals surface area contributed by atoms with Crippen molar-refractivity contribution in [3.63, 3.8) is 0 Å². The highest BCUT2D eigenvalue weighted by Gasteiger charge is 2.21. The van der Waals surface area contributed by atoms with E-state index in [0.717, 1.165) is 28.0 Å². The average Bonchev–Trinajstić information content (AvgIpc) is 2.88. The minimum Gasteiger partial charge on any atom is -0.489 e. The van der Waals surface area contributed by atoms with Crippen LogP contribution in [0.1, 0.15) is 68.4 Å². The lowest BCUT2D eigenvalue weighted by molar-refractivity contribution is -0.136. The Morgan fingerprint density at radius 1 is 0.950 bits per heavy atom. The highest BCUT2D eigenvalue weighted by Crippen LogP contribution is 2.33.